The van der Waals surface area contributed by atoms with Crippen LogP contribution in [0.15, 0.2) is 24.3 Å². The number of nitrogens with zero attached hydrogens (tertiary/aromatic N) is 2. The molecule has 1 rings (SSSR count). The van der Waals surface area contributed by atoms with Gasteiger partial charge in [0, 0.05) is 24.5 Å². The lowest BCUT2D eigenvalue weighted by Crippen LogP contribution is -2.22. The van der Waals surface area contributed by atoms with E-state index in [4.69, 9.17) is 5.26 Å². The highest BCUT2D eigenvalue weighted by molar-refractivity contribution is 5.94. The van der Waals surface area contributed by atoms with Crippen molar-refractivity contribution in [2.75, 3.05) is 23.3 Å². The average Bonchev–Trinajstić information content (AvgIpc) is 2.47. The van der Waals surface area contributed by atoms with Crippen LogP contribution in [0.3, 0.4) is 0 Å². The second-order valence-corrected chi connectivity index (χ2v) is 4.68. The number of hydrogen-bond donors (Lipinski definition) is 1. The molecule has 20 heavy (non-hydrogen) atoms. The SMILES string of the molecule is CCCC(C#N)C(=O)Nc1ccc(N(CC)CC)cc1. The van der Waals surface area contributed by atoms with E-state index in [1.165, 1.54) is 0 Å². The summed E-state index contributed by atoms with van der Waals surface area (Å²) in [5.41, 5.74) is 1.88. The van der Waals surface area contributed by atoms with Crippen molar-refractivity contribution in [3.63, 3.8) is 0 Å². The zero-order valence-electron chi connectivity index (χ0n) is 12.5. The van der Waals surface area contributed by atoms with Crippen LogP contribution < -0.4 is 10.2 Å². The number of nitrogens with one attached hydrogen (secondary N) is 1. The van der Waals surface area contributed by atoms with Gasteiger partial charge in [-0.05, 0) is 44.5 Å². The summed E-state index contributed by atoms with van der Waals surface area (Å²) in [4.78, 5) is 14.2. The first kappa shape index (κ1) is 16.0. The summed E-state index contributed by atoms with van der Waals surface area (Å²) < 4.78 is 0. The van der Waals surface area contributed by atoms with Crippen LogP contribution in [-0.4, -0.2) is 19.0 Å². The fourth-order valence-corrected chi connectivity index (χ4v) is 2.12. The first-order chi connectivity index (χ1) is 9.65. The molecule has 0 fully saturated rings. The Balaban J connectivity index is 2.70. The molecule has 0 aromatic heterocycles. The van der Waals surface area contributed by atoms with E-state index in [9.17, 15) is 4.79 Å². The average molecular weight is 273 g/mol. The third-order valence-electron chi connectivity index (χ3n) is 3.31. The zero-order chi connectivity index (χ0) is 15.0. The Morgan fingerprint density at radius 3 is 2.30 bits per heavy atom. The minimum absolute atomic E-state index is 0.218. The van der Waals surface area contributed by atoms with Gasteiger partial charge in [0.25, 0.3) is 0 Å². The maximum Gasteiger partial charge on any atom is 0.241 e. The number of rotatable bonds is 7. The summed E-state index contributed by atoms with van der Waals surface area (Å²) in [6.45, 7) is 8.10. The van der Waals surface area contributed by atoms with Gasteiger partial charge >= 0.3 is 0 Å². The third-order valence-corrected chi connectivity index (χ3v) is 3.31. The van der Waals surface area contributed by atoms with Crippen LogP contribution >= 0.6 is 0 Å². The van der Waals surface area contributed by atoms with Gasteiger partial charge in [-0.2, -0.15) is 5.26 Å². The van der Waals surface area contributed by atoms with E-state index in [2.05, 4.69) is 30.1 Å². The van der Waals surface area contributed by atoms with E-state index in [0.29, 0.717) is 6.42 Å². The molecule has 0 bridgehead atoms. The molecular formula is C16H23N3O. The van der Waals surface area contributed by atoms with Crippen molar-refractivity contribution in [1.82, 2.24) is 0 Å². The normalized spacial score (nSPS) is 11.5. The van der Waals surface area contributed by atoms with E-state index in [1.807, 2.05) is 31.2 Å². The van der Waals surface area contributed by atoms with E-state index in [-0.39, 0.29) is 5.91 Å². The Bertz CT molecular complexity index is 458. The van der Waals surface area contributed by atoms with Gasteiger partial charge in [0.2, 0.25) is 5.91 Å². The molecule has 1 aromatic carbocycles. The summed E-state index contributed by atoms with van der Waals surface area (Å²) in [5.74, 6) is -0.785. The lowest BCUT2D eigenvalue weighted by atomic mass is 10.0. The predicted octanol–water partition coefficient (Wildman–Crippen LogP) is 3.41. The van der Waals surface area contributed by atoms with Gasteiger partial charge in [-0.1, -0.05) is 13.3 Å². The molecule has 0 heterocycles. The third kappa shape index (κ3) is 4.27. The number of anilines is 2. The Hall–Kier alpha value is -2.02. The van der Waals surface area contributed by atoms with Crippen molar-refractivity contribution in [2.45, 2.75) is 33.6 Å². The summed E-state index contributed by atoms with van der Waals surface area (Å²) in [7, 11) is 0. The topological polar surface area (TPSA) is 56.1 Å². The molecule has 0 spiro atoms. The van der Waals surface area contributed by atoms with Crippen molar-refractivity contribution >= 4 is 17.3 Å². The Labute approximate surface area is 121 Å². The summed E-state index contributed by atoms with van der Waals surface area (Å²) in [6.07, 6.45) is 1.42. The number of benzene rings is 1. The molecule has 0 radical (unpaired) electrons. The van der Waals surface area contributed by atoms with Crippen LogP contribution in [0.4, 0.5) is 11.4 Å². The monoisotopic (exact) mass is 273 g/mol. The van der Waals surface area contributed by atoms with Crippen molar-refractivity contribution in [3.8, 4) is 6.07 Å². The molecule has 4 heteroatoms. The number of carbonyl (C=O) groups is 1. The lowest BCUT2D eigenvalue weighted by Gasteiger charge is -2.21. The highest BCUT2D eigenvalue weighted by atomic mass is 16.1. The zero-order valence-corrected chi connectivity index (χ0v) is 12.5. The molecule has 0 aliphatic heterocycles. The number of hydrogen-bond acceptors (Lipinski definition) is 3. The second-order valence-electron chi connectivity index (χ2n) is 4.68. The van der Waals surface area contributed by atoms with Gasteiger partial charge in [-0.25, -0.2) is 0 Å². The van der Waals surface area contributed by atoms with E-state index in [1.54, 1.807) is 0 Å². The largest absolute Gasteiger partial charge is 0.372 e. The molecule has 1 unspecified atom stereocenters. The maximum absolute atomic E-state index is 11.9. The molecule has 0 aliphatic rings. The van der Waals surface area contributed by atoms with E-state index >= 15 is 0 Å². The summed E-state index contributed by atoms with van der Waals surface area (Å²) >= 11 is 0. The standard InChI is InChI=1S/C16H23N3O/c1-4-7-13(12-17)16(20)18-14-8-10-15(11-9-14)19(5-2)6-3/h8-11,13H,4-7H2,1-3H3,(H,18,20). The van der Waals surface area contributed by atoms with Gasteiger partial charge in [0.1, 0.15) is 5.92 Å². The lowest BCUT2D eigenvalue weighted by molar-refractivity contribution is -0.118. The first-order valence-electron chi connectivity index (χ1n) is 7.21. The molecule has 1 N–H and O–H groups in total. The molecular weight excluding hydrogens is 250 g/mol. The van der Waals surface area contributed by atoms with Crippen molar-refractivity contribution in [2.24, 2.45) is 5.92 Å². The van der Waals surface area contributed by atoms with Gasteiger partial charge in [0.05, 0.1) is 6.07 Å². The van der Waals surface area contributed by atoms with Crippen LogP contribution in [0.1, 0.15) is 33.6 Å². The number of amides is 1. The number of carbonyl (C=O) groups excluding carboxylic acids is 1. The first-order valence-corrected chi connectivity index (χ1v) is 7.21. The molecule has 108 valence electrons. The summed E-state index contributed by atoms with van der Waals surface area (Å²) in [5, 5.41) is 11.8. The van der Waals surface area contributed by atoms with Gasteiger partial charge in [-0.15, -0.1) is 0 Å². The fourth-order valence-electron chi connectivity index (χ4n) is 2.12. The fraction of sp³-hybridized carbons (Fsp3) is 0.500. The molecule has 4 nitrogen and oxygen atoms in total. The van der Waals surface area contributed by atoms with Crippen LogP contribution in [0.2, 0.25) is 0 Å². The van der Waals surface area contributed by atoms with Crippen molar-refractivity contribution in [3.05, 3.63) is 24.3 Å². The molecule has 0 saturated carbocycles. The molecule has 1 atom stereocenters. The van der Waals surface area contributed by atoms with Gasteiger partial charge < -0.3 is 10.2 Å². The Morgan fingerprint density at radius 2 is 1.85 bits per heavy atom. The van der Waals surface area contributed by atoms with E-state index < -0.39 is 5.92 Å². The van der Waals surface area contributed by atoms with Crippen molar-refractivity contribution < 1.29 is 4.79 Å². The van der Waals surface area contributed by atoms with Gasteiger partial charge in [0.15, 0.2) is 0 Å². The molecule has 0 aliphatic carbocycles. The quantitative estimate of drug-likeness (QED) is 0.828. The van der Waals surface area contributed by atoms with Crippen LogP contribution in [0.25, 0.3) is 0 Å². The van der Waals surface area contributed by atoms with Crippen LogP contribution in [0.5, 0.6) is 0 Å². The van der Waals surface area contributed by atoms with Crippen LogP contribution in [0, 0.1) is 17.2 Å². The molecule has 1 aromatic rings. The van der Waals surface area contributed by atoms with Gasteiger partial charge in [-0.3, -0.25) is 4.79 Å². The highest BCUT2D eigenvalue weighted by Crippen LogP contribution is 2.18. The van der Waals surface area contributed by atoms with Crippen LogP contribution in [-0.2, 0) is 4.79 Å². The molecule has 0 saturated heterocycles. The highest BCUT2D eigenvalue weighted by Gasteiger charge is 2.16. The summed E-state index contributed by atoms with van der Waals surface area (Å²) in [6, 6.07) is 9.79. The number of nitriles is 1. The minimum Gasteiger partial charge on any atom is -0.372 e. The second kappa shape index (κ2) is 8.21. The Morgan fingerprint density at radius 1 is 1.25 bits per heavy atom. The maximum atomic E-state index is 11.9. The van der Waals surface area contributed by atoms with Crippen molar-refractivity contribution in [1.29, 1.82) is 5.26 Å². The molecule has 1 amide bonds. The Kier molecular flexibility index (Phi) is 6.58. The minimum atomic E-state index is -0.567. The smallest absolute Gasteiger partial charge is 0.241 e. The predicted molar refractivity (Wildman–Crippen MR) is 82.6 cm³/mol. The van der Waals surface area contributed by atoms with E-state index in [0.717, 1.165) is 30.9 Å².